The number of hydrogen-bond acceptors (Lipinski definition) is 5. The maximum Gasteiger partial charge on any atom is 0.225 e. The third-order valence-electron chi connectivity index (χ3n) is 4.58. The molecule has 0 aliphatic heterocycles. The fraction of sp³-hybridized carbons (Fsp3) is 0.227. The molecule has 0 saturated heterocycles. The fourth-order valence-electron chi connectivity index (χ4n) is 3.19. The van der Waals surface area contributed by atoms with E-state index in [-0.39, 0.29) is 5.82 Å². The number of fused-ring (bicyclic) bond motifs is 1. The lowest BCUT2D eigenvalue weighted by molar-refractivity contribution is 0.628. The Morgan fingerprint density at radius 3 is 2.62 bits per heavy atom. The zero-order valence-corrected chi connectivity index (χ0v) is 16.6. The molecule has 148 valence electrons. The van der Waals surface area contributed by atoms with E-state index in [0.717, 1.165) is 11.3 Å². The van der Waals surface area contributed by atoms with Crippen LogP contribution < -0.4 is 11.1 Å². The number of nitrogen functional groups attached to an aromatic ring is 1. The van der Waals surface area contributed by atoms with E-state index in [9.17, 15) is 4.39 Å². The van der Waals surface area contributed by atoms with Crippen LogP contribution in [-0.4, -0.2) is 26.3 Å². The van der Waals surface area contributed by atoms with Gasteiger partial charge in [0, 0.05) is 12.1 Å². The fourth-order valence-corrected chi connectivity index (χ4v) is 3.19. The highest BCUT2D eigenvalue weighted by atomic mass is 19.1. The molecule has 0 fully saturated rings. The first-order valence-corrected chi connectivity index (χ1v) is 9.55. The number of anilines is 2. The van der Waals surface area contributed by atoms with Crippen molar-refractivity contribution in [3.8, 4) is 16.9 Å². The summed E-state index contributed by atoms with van der Waals surface area (Å²) >= 11 is 0. The minimum atomic E-state index is -0.337. The number of nitrogens with one attached hydrogen (secondary N) is 1. The molecule has 0 radical (unpaired) electrons. The van der Waals surface area contributed by atoms with Gasteiger partial charge in [-0.15, -0.1) is 5.10 Å². The third kappa shape index (κ3) is 3.76. The van der Waals surface area contributed by atoms with Gasteiger partial charge in [0.15, 0.2) is 5.65 Å². The Balaban J connectivity index is 1.95. The average Bonchev–Trinajstić information content (AvgIpc) is 3.02. The van der Waals surface area contributed by atoms with Gasteiger partial charge in [0.2, 0.25) is 5.95 Å². The zero-order valence-electron chi connectivity index (χ0n) is 16.6. The lowest BCUT2D eigenvalue weighted by Gasteiger charge is -2.10. The van der Waals surface area contributed by atoms with Gasteiger partial charge in [0.25, 0.3) is 0 Å². The van der Waals surface area contributed by atoms with Crippen LogP contribution in [0.15, 0.2) is 48.5 Å². The number of hydrogen-bond donors (Lipinski definition) is 2. The molecule has 6 nitrogen and oxygen atoms in total. The second-order valence-electron chi connectivity index (χ2n) is 7.52. The van der Waals surface area contributed by atoms with Crippen LogP contribution in [0.25, 0.3) is 28.0 Å². The first-order chi connectivity index (χ1) is 13.9. The number of aryl methyl sites for hydroxylation is 1. The SMILES string of the molecule is Cc1cccc(-n2nc3nc(NCC(C)C)nc(-c4cccc(F)c4)c3c2N)c1. The van der Waals surface area contributed by atoms with E-state index < -0.39 is 0 Å². The molecule has 0 aliphatic rings. The molecule has 0 saturated carbocycles. The van der Waals surface area contributed by atoms with Crippen molar-refractivity contribution in [3.63, 3.8) is 0 Å². The molecule has 3 N–H and O–H groups in total. The van der Waals surface area contributed by atoms with Crippen molar-refractivity contribution in [2.45, 2.75) is 20.8 Å². The molecular formula is C22H23FN6. The van der Waals surface area contributed by atoms with Gasteiger partial charge in [-0.05, 0) is 42.7 Å². The van der Waals surface area contributed by atoms with Crippen molar-refractivity contribution in [3.05, 3.63) is 59.9 Å². The summed E-state index contributed by atoms with van der Waals surface area (Å²) in [7, 11) is 0. The van der Waals surface area contributed by atoms with Gasteiger partial charge in [-0.1, -0.05) is 38.1 Å². The lowest BCUT2D eigenvalue weighted by Crippen LogP contribution is -2.11. The van der Waals surface area contributed by atoms with Crippen LogP contribution in [0.4, 0.5) is 16.2 Å². The number of rotatable bonds is 5. The van der Waals surface area contributed by atoms with Crippen LogP contribution in [0.5, 0.6) is 0 Å². The minimum Gasteiger partial charge on any atom is -0.383 e. The van der Waals surface area contributed by atoms with E-state index in [1.54, 1.807) is 16.8 Å². The van der Waals surface area contributed by atoms with Crippen molar-refractivity contribution < 1.29 is 4.39 Å². The second-order valence-corrected chi connectivity index (χ2v) is 7.52. The topological polar surface area (TPSA) is 81.7 Å². The van der Waals surface area contributed by atoms with E-state index in [1.807, 2.05) is 31.2 Å². The molecular weight excluding hydrogens is 367 g/mol. The summed E-state index contributed by atoms with van der Waals surface area (Å²) in [6.07, 6.45) is 0. The monoisotopic (exact) mass is 390 g/mol. The summed E-state index contributed by atoms with van der Waals surface area (Å²) in [5.41, 5.74) is 10.0. The molecule has 0 unspecified atom stereocenters. The standard InChI is InChI=1S/C22H23FN6/c1-13(2)12-25-22-26-19(15-7-5-8-16(23)11-15)18-20(24)29(28-21(18)27-22)17-9-4-6-14(3)10-17/h4-11,13H,12,24H2,1-3H3,(H,25,27,28). The van der Waals surface area contributed by atoms with Gasteiger partial charge >= 0.3 is 0 Å². The quantitative estimate of drug-likeness (QED) is 0.521. The minimum absolute atomic E-state index is 0.337. The van der Waals surface area contributed by atoms with Crippen molar-refractivity contribution in [2.75, 3.05) is 17.6 Å². The number of aromatic nitrogens is 4. The lowest BCUT2D eigenvalue weighted by atomic mass is 10.1. The summed E-state index contributed by atoms with van der Waals surface area (Å²) in [6.45, 7) is 6.92. The number of halogens is 1. The number of nitrogens with zero attached hydrogens (tertiary/aromatic N) is 4. The van der Waals surface area contributed by atoms with Crippen LogP contribution in [0.1, 0.15) is 19.4 Å². The molecule has 29 heavy (non-hydrogen) atoms. The predicted molar refractivity (Wildman–Crippen MR) is 115 cm³/mol. The van der Waals surface area contributed by atoms with Crippen LogP contribution in [0.3, 0.4) is 0 Å². The van der Waals surface area contributed by atoms with E-state index in [4.69, 9.17) is 5.73 Å². The van der Waals surface area contributed by atoms with E-state index in [2.05, 4.69) is 34.2 Å². The molecule has 0 spiro atoms. The first kappa shape index (κ1) is 18.9. The molecule has 7 heteroatoms. The van der Waals surface area contributed by atoms with E-state index in [0.29, 0.717) is 46.5 Å². The van der Waals surface area contributed by atoms with Crippen LogP contribution in [0, 0.1) is 18.7 Å². The van der Waals surface area contributed by atoms with Crippen molar-refractivity contribution >= 4 is 22.8 Å². The smallest absolute Gasteiger partial charge is 0.225 e. The maximum absolute atomic E-state index is 13.9. The van der Waals surface area contributed by atoms with Crippen LogP contribution in [-0.2, 0) is 0 Å². The molecule has 4 rings (SSSR count). The van der Waals surface area contributed by atoms with Gasteiger partial charge in [0.1, 0.15) is 11.6 Å². The largest absolute Gasteiger partial charge is 0.383 e. The predicted octanol–water partition coefficient (Wildman–Crippen LogP) is 4.58. The van der Waals surface area contributed by atoms with Gasteiger partial charge in [-0.25, -0.2) is 14.1 Å². The van der Waals surface area contributed by atoms with Gasteiger partial charge < -0.3 is 11.1 Å². The van der Waals surface area contributed by atoms with E-state index >= 15 is 0 Å². The molecule has 2 aromatic carbocycles. The molecule has 0 bridgehead atoms. The average molecular weight is 390 g/mol. The van der Waals surface area contributed by atoms with Crippen LogP contribution in [0.2, 0.25) is 0 Å². The van der Waals surface area contributed by atoms with Gasteiger partial charge in [-0.3, -0.25) is 0 Å². The third-order valence-corrected chi connectivity index (χ3v) is 4.58. The summed E-state index contributed by atoms with van der Waals surface area (Å²) in [4.78, 5) is 9.20. The van der Waals surface area contributed by atoms with Crippen molar-refractivity contribution in [1.82, 2.24) is 19.7 Å². The summed E-state index contributed by atoms with van der Waals surface area (Å²) in [5.74, 6) is 0.942. The zero-order chi connectivity index (χ0) is 20.5. The van der Waals surface area contributed by atoms with Crippen LogP contribution >= 0.6 is 0 Å². The Kier molecular flexibility index (Phi) is 4.88. The Hall–Kier alpha value is -3.48. The van der Waals surface area contributed by atoms with Gasteiger partial charge in [0.05, 0.1) is 16.8 Å². The highest BCUT2D eigenvalue weighted by molar-refractivity contribution is 5.99. The number of benzene rings is 2. The Morgan fingerprint density at radius 2 is 1.90 bits per heavy atom. The Bertz CT molecular complexity index is 1180. The summed E-state index contributed by atoms with van der Waals surface area (Å²) in [5, 5.41) is 8.46. The van der Waals surface area contributed by atoms with Crippen molar-refractivity contribution in [1.29, 1.82) is 0 Å². The normalized spacial score (nSPS) is 11.3. The first-order valence-electron chi connectivity index (χ1n) is 9.55. The summed E-state index contributed by atoms with van der Waals surface area (Å²) in [6, 6.07) is 14.2. The van der Waals surface area contributed by atoms with E-state index in [1.165, 1.54) is 12.1 Å². The number of nitrogens with two attached hydrogens (primary N) is 1. The molecule has 2 aromatic heterocycles. The molecule has 0 atom stereocenters. The Morgan fingerprint density at radius 1 is 1.10 bits per heavy atom. The second kappa shape index (κ2) is 7.50. The maximum atomic E-state index is 13.9. The van der Waals surface area contributed by atoms with Crippen molar-refractivity contribution in [2.24, 2.45) is 5.92 Å². The Labute approximate surface area is 168 Å². The molecule has 4 aromatic rings. The van der Waals surface area contributed by atoms with Gasteiger partial charge in [-0.2, -0.15) is 4.98 Å². The molecule has 0 amide bonds. The molecule has 2 heterocycles. The molecule has 0 aliphatic carbocycles. The highest BCUT2D eigenvalue weighted by Crippen LogP contribution is 2.33. The summed E-state index contributed by atoms with van der Waals surface area (Å²) < 4.78 is 15.6. The highest BCUT2D eigenvalue weighted by Gasteiger charge is 2.19.